The fourth-order valence-corrected chi connectivity index (χ4v) is 4.01. The Labute approximate surface area is 167 Å². The van der Waals surface area contributed by atoms with Crippen LogP contribution < -0.4 is 5.32 Å². The van der Waals surface area contributed by atoms with Crippen LogP contribution in [0.1, 0.15) is 45.1 Å². The number of ether oxygens (including phenoxy) is 4. The second-order valence-electron chi connectivity index (χ2n) is 8.56. The number of nitrogens with one attached hydrogen (secondary N) is 1. The van der Waals surface area contributed by atoms with E-state index in [9.17, 15) is 4.79 Å². The molecule has 0 amide bonds. The predicted octanol–water partition coefficient (Wildman–Crippen LogP) is 3.05. The van der Waals surface area contributed by atoms with E-state index < -0.39 is 11.3 Å². The van der Waals surface area contributed by atoms with Crippen LogP contribution in [0.5, 0.6) is 0 Å². The lowest BCUT2D eigenvalue weighted by Gasteiger charge is -2.44. The summed E-state index contributed by atoms with van der Waals surface area (Å²) in [5.74, 6) is -0.677. The summed E-state index contributed by atoms with van der Waals surface area (Å²) >= 11 is 0. The standard InChI is InChI=1S/C22H33NO5/c1-20(2,19(24)25-3)23-16-21(17-26-15-18-7-5-4-6-8-18)9-11-22(12-10-21)27-13-14-28-22/h4-8,23H,9-17H2,1-3H3. The molecule has 2 fully saturated rings. The highest BCUT2D eigenvalue weighted by molar-refractivity contribution is 5.79. The van der Waals surface area contributed by atoms with Crippen molar-refractivity contribution in [2.24, 2.45) is 5.41 Å². The molecule has 1 aliphatic heterocycles. The van der Waals surface area contributed by atoms with Gasteiger partial charge < -0.3 is 24.3 Å². The molecule has 1 aromatic rings. The molecule has 1 spiro atoms. The van der Waals surface area contributed by atoms with Crippen LogP contribution in [0.25, 0.3) is 0 Å². The van der Waals surface area contributed by atoms with Crippen LogP contribution >= 0.6 is 0 Å². The van der Waals surface area contributed by atoms with Gasteiger partial charge in [0.1, 0.15) is 5.54 Å². The summed E-state index contributed by atoms with van der Waals surface area (Å²) in [7, 11) is 1.42. The second-order valence-corrected chi connectivity index (χ2v) is 8.56. The maximum atomic E-state index is 12.1. The molecule has 1 saturated heterocycles. The van der Waals surface area contributed by atoms with E-state index in [1.165, 1.54) is 7.11 Å². The van der Waals surface area contributed by atoms with Gasteiger partial charge in [-0.05, 0) is 32.3 Å². The molecule has 6 heteroatoms. The summed E-state index contributed by atoms with van der Waals surface area (Å²) in [6.45, 7) is 6.94. The van der Waals surface area contributed by atoms with Crippen molar-refractivity contribution in [3.05, 3.63) is 35.9 Å². The summed E-state index contributed by atoms with van der Waals surface area (Å²) in [5, 5.41) is 3.41. The highest BCUT2D eigenvalue weighted by atomic mass is 16.7. The highest BCUT2D eigenvalue weighted by Gasteiger charge is 2.47. The van der Waals surface area contributed by atoms with Crippen LogP contribution in [0, 0.1) is 5.41 Å². The number of rotatable bonds is 8. The van der Waals surface area contributed by atoms with Gasteiger partial charge in [0.05, 0.1) is 33.5 Å². The molecule has 3 rings (SSSR count). The first-order chi connectivity index (χ1) is 13.4. The SMILES string of the molecule is COC(=O)C(C)(C)NCC1(COCc2ccccc2)CCC2(CC1)OCCO2. The molecule has 156 valence electrons. The largest absolute Gasteiger partial charge is 0.468 e. The van der Waals surface area contributed by atoms with E-state index in [4.69, 9.17) is 18.9 Å². The molecule has 1 aromatic carbocycles. The van der Waals surface area contributed by atoms with Crippen molar-refractivity contribution in [1.82, 2.24) is 5.32 Å². The quantitative estimate of drug-likeness (QED) is 0.687. The van der Waals surface area contributed by atoms with Gasteiger partial charge in [-0.3, -0.25) is 4.79 Å². The van der Waals surface area contributed by atoms with Crippen LogP contribution in [0.3, 0.4) is 0 Å². The summed E-state index contributed by atoms with van der Waals surface area (Å²) in [6.07, 6.45) is 3.54. The van der Waals surface area contributed by atoms with E-state index in [-0.39, 0.29) is 11.4 Å². The molecule has 0 atom stereocenters. The number of hydrogen-bond acceptors (Lipinski definition) is 6. The molecule has 0 aromatic heterocycles. The van der Waals surface area contributed by atoms with Crippen LogP contribution in [0.15, 0.2) is 30.3 Å². The summed E-state index contributed by atoms with van der Waals surface area (Å²) in [6, 6.07) is 10.2. The van der Waals surface area contributed by atoms with E-state index in [1.54, 1.807) is 0 Å². The van der Waals surface area contributed by atoms with Gasteiger partial charge in [0.25, 0.3) is 0 Å². The Hall–Kier alpha value is -1.47. The summed E-state index contributed by atoms with van der Waals surface area (Å²) in [4.78, 5) is 12.1. The molecule has 28 heavy (non-hydrogen) atoms. The smallest absolute Gasteiger partial charge is 0.325 e. The average molecular weight is 392 g/mol. The van der Waals surface area contributed by atoms with Gasteiger partial charge in [0, 0.05) is 24.8 Å². The third-order valence-corrected chi connectivity index (χ3v) is 6.01. The van der Waals surface area contributed by atoms with Gasteiger partial charge in [0.15, 0.2) is 5.79 Å². The molecule has 1 heterocycles. The van der Waals surface area contributed by atoms with Gasteiger partial charge in [-0.2, -0.15) is 0 Å². The Morgan fingerprint density at radius 2 is 1.75 bits per heavy atom. The zero-order valence-electron chi connectivity index (χ0n) is 17.3. The lowest BCUT2D eigenvalue weighted by molar-refractivity contribution is -0.196. The maximum Gasteiger partial charge on any atom is 0.325 e. The van der Waals surface area contributed by atoms with E-state index in [0.29, 0.717) is 33.0 Å². The molecular weight excluding hydrogens is 358 g/mol. The zero-order chi connectivity index (χ0) is 20.1. The topological polar surface area (TPSA) is 66.0 Å². The molecule has 0 radical (unpaired) electrons. The van der Waals surface area contributed by atoms with E-state index in [1.807, 2.05) is 32.0 Å². The van der Waals surface area contributed by atoms with E-state index in [0.717, 1.165) is 31.2 Å². The minimum atomic E-state index is -0.739. The van der Waals surface area contributed by atoms with E-state index in [2.05, 4.69) is 17.4 Å². The normalized spacial score (nSPS) is 21.0. The first-order valence-electron chi connectivity index (χ1n) is 10.1. The fraction of sp³-hybridized carbons (Fsp3) is 0.682. The van der Waals surface area contributed by atoms with Crippen molar-refractivity contribution < 1.29 is 23.7 Å². The van der Waals surface area contributed by atoms with Gasteiger partial charge in [-0.15, -0.1) is 0 Å². The minimum Gasteiger partial charge on any atom is -0.468 e. The molecule has 0 unspecified atom stereocenters. The van der Waals surface area contributed by atoms with E-state index >= 15 is 0 Å². The van der Waals surface area contributed by atoms with Crippen molar-refractivity contribution in [2.75, 3.05) is 33.5 Å². The molecule has 0 bridgehead atoms. The number of benzene rings is 1. The Balaban J connectivity index is 1.62. The number of carbonyl (C=O) groups is 1. The monoisotopic (exact) mass is 391 g/mol. The molecule has 1 aliphatic carbocycles. The first-order valence-corrected chi connectivity index (χ1v) is 10.1. The van der Waals surface area contributed by atoms with Crippen LogP contribution in [-0.4, -0.2) is 50.8 Å². The second kappa shape index (κ2) is 8.91. The fourth-order valence-electron chi connectivity index (χ4n) is 4.01. The number of hydrogen-bond donors (Lipinski definition) is 1. The molecule has 6 nitrogen and oxygen atoms in total. The van der Waals surface area contributed by atoms with Crippen LogP contribution in [0.4, 0.5) is 0 Å². The zero-order valence-corrected chi connectivity index (χ0v) is 17.3. The Morgan fingerprint density at radius 1 is 1.11 bits per heavy atom. The third kappa shape index (κ3) is 5.11. The van der Waals surface area contributed by atoms with Crippen LogP contribution in [0.2, 0.25) is 0 Å². The third-order valence-electron chi connectivity index (χ3n) is 6.01. The van der Waals surface area contributed by atoms with Crippen molar-refractivity contribution in [3.63, 3.8) is 0 Å². The molecule has 1 N–H and O–H groups in total. The van der Waals surface area contributed by atoms with Gasteiger partial charge in [-0.25, -0.2) is 0 Å². The Bertz CT molecular complexity index is 630. The van der Waals surface area contributed by atoms with Crippen molar-refractivity contribution in [1.29, 1.82) is 0 Å². The minimum absolute atomic E-state index is 0.0688. The van der Waals surface area contributed by atoms with Crippen LogP contribution in [-0.2, 0) is 30.3 Å². The maximum absolute atomic E-state index is 12.1. The van der Waals surface area contributed by atoms with Crippen molar-refractivity contribution in [2.45, 2.75) is 57.5 Å². The lowest BCUT2D eigenvalue weighted by atomic mass is 9.72. The molecule has 1 saturated carbocycles. The lowest BCUT2D eigenvalue weighted by Crippen LogP contribution is -2.54. The number of carbonyl (C=O) groups excluding carboxylic acids is 1. The van der Waals surface area contributed by atoms with Crippen molar-refractivity contribution in [3.8, 4) is 0 Å². The highest BCUT2D eigenvalue weighted by Crippen LogP contribution is 2.45. The molecule has 2 aliphatic rings. The molecular formula is C22H33NO5. The Morgan fingerprint density at radius 3 is 2.36 bits per heavy atom. The summed E-state index contributed by atoms with van der Waals surface area (Å²) in [5.41, 5.74) is 0.354. The summed E-state index contributed by atoms with van der Waals surface area (Å²) < 4.78 is 22.8. The van der Waals surface area contributed by atoms with Gasteiger partial charge >= 0.3 is 5.97 Å². The predicted molar refractivity (Wildman–Crippen MR) is 106 cm³/mol. The van der Waals surface area contributed by atoms with Crippen molar-refractivity contribution >= 4 is 5.97 Å². The number of esters is 1. The average Bonchev–Trinajstić information content (AvgIpc) is 3.17. The van der Waals surface area contributed by atoms with Gasteiger partial charge in [-0.1, -0.05) is 30.3 Å². The Kier molecular flexibility index (Phi) is 6.76. The van der Waals surface area contributed by atoms with Gasteiger partial charge in [0.2, 0.25) is 0 Å². The first kappa shape index (κ1) is 21.2. The number of methoxy groups -OCH3 is 1.